The first kappa shape index (κ1) is 31.9. The molecule has 3 aromatic carbocycles. The number of hydrazine groups is 1. The molecule has 1 aliphatic rings. The van der Waals surface area contributed by atoms with E-state index in [0.717, 1.165) is 41.2 Å². The number of amides is 3. The molecule has 2 N–H and O–H groups in total. The van der Waals surface area contributed by atoms with Gasteiger partial charge in [-0.2, -0.15) is 0 Å². The Kier molecular flexibility index (Phi) is 10.4. The van der Waals surface area contributed by atoms with Crippen molar-refractivity contribution in [3.05, 3.63) is 96.1 Å². The normalized spacial score (nSPS) is 15.6. The average molecular weight is 584 g/mol. The molecule has 0 saturated heterocycles. The molecular weight excluding hydrogens is 538 g/mol. The second kappa shape index (κ2) is 14.0. The highest BCUT2D eigenvalue weighted by atomic mass is 16.2. The van der Waals surface area contributed by atoms with Crippen LogP contribution >= 0.6 is 0 Å². The number of carbonyl (C=O) groups excluding carboxylic acids is 3. The zero-order valence-electron chi connectivity index (χ0n) is 26.1. The summed E-state index contributed by atoms with van der Waals surface area (Å²) in [5, 5.41) is 5.37. The predicted octanol–water partition coefficient (Wildman–Crippen LogP) is 4.04. The van der Waals surface area contributed by atoms with Gasteiger partial charge in [0.05, 0.1) is 0 Å². The molecule has 2 atom stereocenters. The summed E-state index contributed by atoms with van der Waals surface area (Å²) in [4.78, 5) is 44.6. The monoisotopic (exact) mass is 583 g/mol. The van der Waals surface area contributed by atoms with Gasteiger partial charge in [-0.15, -0.1) is 0 Å². The van der Waals surface area contributed by atoms with Crippen molar-refractivity contribution in [1.29, 1.82) is 0 Å². The third-order valence-corrected chi connectivity index (χ3v) is 8.77. The number of rotatable bonds is 12. The summed E-state index contributed by atoms with van der Waals surface area (Å²) < 4.78 is 0. The number of carbonyl (C=O) groups is 3. The Balaban J connectivity index is 1.64. The lowest BCUT2D eigenvalue weighted by molar-refractivity contribution is -0.154. The van der Waals surface area contributed by atoms with Crippen molar-refractivity contribution in [1.82, 2.24) is 19.8 Å². The number of benzene rings is 3. The minimum absolute atomic E-state index is 0.211. The van der Waals surface area contributed by atoms with Gasteiger partial charge in [-0.25, -0.2) is 5.01 Å². The summed E-state index contributed by atoms with van der Waals surface area (Å²) >= 11 is 0. The standard InChI is InChI=1S/C35H45N5O3/c1-37(2)40(5)34(43)31(24-26-13-7-6-8-14-26)39(4)33(42)30(25-27-18-19-28-15-9-10-16-29(28)23-27)38(3)32(41)17-11-20-35(36)21-12-22-35/h6-11,13-19,23,30-31H,12,20-22,24-25,36H2,1-5H3/t30-,31-/m1/s1. The number of likely N-dealkylation sites (N-methyl/N-ethyl adjacent to an activating group) is 3. The van der Waals surface area contributed by atoms with Crippen LogP contribution in [0.15, 0.2) is 84.9 Å². The SMILES string of the molecule is CN(C(=O)C=CCC1(N)CCC1)[C@H](Cc1ccc2ccccc2c1)C(=O)N(C)[C@H](Cc1ccccc1)C(=O)N(C)N(C)C. The van der Waals surface area contributed by atoms with Gasteiger partial charge < -0.3 is 15.5 Å². The molecule has 0 aromatic heterocycles. The summed E-state index contributed by atoms with van der Waals surface area (Å²) in [6, 6.07) is 22.2. The molecule has 0 aliphatic heterocycles. The van der Waals surface area contributed by atoms with Crippen LogP contribution in [0.5, 0.6) is 0 Å². The van der Waals surface area contributed by atoms with E-state index < -0.39 is 12.1 Å². The van der Waals surface area contributed by atoms with Gasteiger partial charge in [0.25, 0.3) is 5.91 Å². The van der Waals surface area contributed by atoms with Gasteiger partial charge in [0.15, 0.2) is 0 Å². The Morgan fingerprint density at radius 3 is 2.00 bits per heavy atom. The van der Waals surface area contributed by atoms with E-state index in [2.05, 4.69) is 6.07 Å². The van der Waals surface area contributed by atoms with Crippen LogP contribution in [-0.2, 0) is 27.2 Å². The van der Waals surface area contributed by atoms with Gasteiger partial charge >= 0.3 is 0 Å². The fraction of sp³-hybridized carbons (Fsp3) is 0.400. The quantitative estimate of drug-likeness (QED) is 0.257. The number of hydrogen-bond acceptors (Lipinski definition) is 5. The third-order valence-electron chi connectivity index (χ3n) is 8.77. The van der Waals surface area contributed by atoms with Crippen molar-refractivity contribution in [3.8, 4) is 0 Å². The average Bonchev–Trinajstić information content (AvgIpc) is 3.00. The van der Waals surface area contributed by atoms with E-state index in [4.69, 9.17) is 5.73 Å². The van der Waals surface area contributed by atoms with Gasteiger partial charge in [-0.05, 0) is 53.7 Å². The van der Waals surface area contributed by atoms with Crippen LogP contribution < -0.4 is 5.73 Å². The van der Waals surface area contributed by atoms with E-state index in [1.807, 2.05) is 72.8 Å². The van der Waals surface area contributed by atoms with Crippen molar-refractivity contribution < 1.29 is 14.4 Å². The molecule has 4 rings (SSSR count). The third kappa shape index (κ3) is 7.89. The smallest absolute Gasteiger partial charge is 0.259 e. The lowest BCUT2D eigenvalue weighted by atomic mass is 9.75. The van der Waals surface area contributed by atoms with Crippen LogP contribution in [0.4, 0.5) is 0 Å². The Bertz CT molecular complexity index is 1450. The fourth-order valence-corrected chi connectivity index (χ4v) is 5.51. The molecule has 0 radical (unpaired) electrons. The predicted molar refractivity (Wildman–Crippen MR) is 172 cm³/mol. The largest absolute Gasteiger partial charge is 0.332 e. The minimum atomic E-state index is -0.824. The van der Waals surface area contributed by atoms with Gasteiger partial charge in [-0.1, -0.05) is 78.9 Å². The first-order valence-electron chi connectivity index (χ1n) is 14.9. The molecule has 0 heterocycles. The van der Waals surface area contributed by atoms with Crippen molar-refractivity contribution in [2.75, 3.05) is 35.2 Å². The molecule has 8 nitrogen and oxygen atoms in total. The van der Waals surface area contributed by atoms with Crippen LogP contribution in [-0.4, -0.2) is 90.4 Å². The summed E-state index contributed by atoms with van der Waals surface area (Å²) in [7, 11) is 8.59. The Morgan fingerprint density at radius 1 is 0.767 bits per heavy atom. The zero-order valence-corrected chi connectivity index (χ0v) is 26.1. The van der Waals surface area contributed by atoms with E-state index >= 15 is 0 Å². The summed E-state index contributed by atoms with van der Waals surface area (Å²) in [5.41, 5.74) is 7.99. The van der Waals surface area contributed by atoms with E-state index in [-0.39, 0.29) is 23.3 Å². The number of fused-ring (bicyclic) bond motifs is 1. The van der Waals surface area contributed by atoms with Gasteiger partial charge in [-0.3, -0.25) is 19.4 Å². The van der Waals surface area contributed by atoms with Crippen molar-refractivity contribution in [2.45, 2.75) is 56.1 Å². The first-order chi connectivity index (χ1) is 20.5. The highest BCUT2D eigenvalue weighted by molar-refractivity contribution is 5.95. The van der Waals surface area contributed by atoms with Gasteiger partial charge in [0.1, 0.15) is 12.1 Å². The first-order valence-corrected chi connectivity index (χ1v) is 14.9. The van der Waals surface area contributed by atoms with E-state index in [1.165, 1.54) is 20.9 Å². The van der Waals surface area contributed by atoms with Crippen molar-refractivity contribution >= 4 is 28.5 Å². The molecule has 1 fully saturated rings. The summed E-state index contributed by atoms with van der Waals surface area (Å²) in [6.07, 6.45) is 7.65. The maximum Gasteiger partial charge on any atom is 0.259 e. The lowest BCUT2D eigenvalue weighted by Crippen LogP contribution is -2.57. The topological polar surface area (TPSA) is 90.2 Å². The van der Waals surface area contributed by atoms with Crippen LogP contribution in [0.2, 0.25) is 0 Å². The van der Waals surface area contributed by atoms with Crippen LogP contribution in [0.1, 0.15) is 36.8 Å². The highest BCUT2D eigenvalue weighted by Crippen LogP contribution is 2.32. The van der Waals surface area contributed by atoms with Gasteiger partial charge in [0.2, 0.25) is 11.8 Å². The molecular formula is C35H45N5O3. The molecule has 0 spiro atoms. The Hall–Kier alpha value is -4.01. The molecule has 0 bridgehead atoms. The Morgan fingerprint density at radius 2 is 1.37 bits per heavy atom. The van der Waals surface area contributed by atoms with Crippen LogP contribution in [0.25, 0.3) is 10.8 Å². The lowest BCUT2D eigenvalue weighted by Gasteiger charge is -2.37. The van der Waals surface area contributed by atoms with Crippen LogP contribution in [0, 0.1) is 0 Å². The van der Waals surface area contributed by atoms with Crippen molar-refractivity contribution in [3.63, 3.8) is 0 Å². The second-order valence-electron chi connectivity index (χ2n) is 12.0. The molecule has 3 amide bonds. The minimum Gasteiger partial charge on any atom is -0.332 e. The number of nitrogens with two attached hydrogens (primary N) is 1. The van der Waals surface area contributed by atoms with E-state index in [1.54, 1.807) is 40.2 Å². The maximum atomic E-state index is 14.4. The van der Waals surface area contributed by atoms with Gasteiger partial charge in [0, 0.05) is 53.6 Å². The molecule has 43 heavy (non-hydrogen) atoms. The molecule has 1 aliphatic carbocycles. The zero-order chi connectivity index (χ0) is 31.1. The maximum absolute atomic E-state index is 14.4. The molecule has 1 saturated carbocycles. The highest BCUT2D eigenvalue weighted by Gasteiger charge is 2.36. The molecule has 228 valence electrons. The molecule has 8 heteroatoms. The fourth-order valence-electron chi connectivity index (χ4n) is 5.51. The number of hydrogen-bond donors (Lipinski definition) is 1. The van der Waals surface area contributed by atoms with Crippen LogP contribution in [0.3, 0.4) is 0 Å². The summed E-state index contributed by atoms with van der Waals surface area (Å²) in [6.45, 7) is 0. The molecule has 0 unspecified atom stereocenters. The van der Waals surface area contributed by atoms with E-state index in [9.17, 15) is 14.4 Å². The Labute approximate surface area is 255 Å². The van der Waals surface area contributed by atoms with Crippen molar-refractivity contribution in [2.24, 2.45) is 5.73 Å². The summed E-state index contributed by atoms with van der Waals surface area (Å²) in [5.74, 6) is -0.781. The number of nitrogens with zero attached hydrogens (tertiary/aromatic N) is 4. The molecule has 3 aromatic rings. The van der Waals surface area contributed by atoms with E-state index in [0.29, 0.717) is 19.3 Å². The second-order valence-corrected chi connectivity index (χ2v) is 12.0.